The third-order valence-electron chi connectivity index (χ3n) is 2.71. The molecule has 0 aromatic heterocycles. The molecule has 5 heteroatoms. The number of benzene rings is 1. The highest BCUT2D eigenvalue weighted by Crippen LogP contribution is 2.34. The van der Waals surface area contributed by atoms with Crippen LogP contribution in [0.4, 0.5) is 4.39 Å². The van der Waals surface area contributed by atoms with Crippen LogP contribution in [0.5, 0.6) is 0 Å². The molecular weight excluding hydrogens is 239 g/mol. The van der Waals surface area contributed by atoms with Crippen LogP contribution in [0.3, 0.4) is 0 Å². The van der Waals surface area contributed by atoms with Crippen LogP contribution in [0.1, 0.15) is 23.5 Å². The van der Waals surface area contributed by atoms with Crippen LogP contribution >= 0.6 is 10.7 Å². The highest BCUT2D eigenvalue weighted by atomic mass is 35.7. The molecule has 0 spiro atoms. The molecule has 0 radical (unpaired) electrons. The van der Waals surface area contributed by atoms with Gasteiger partial charge in [-0.05, 0) is 42.0 Å². The zero-order valence-corrected chi connectivity index (χ0v) is 9.48. The van der Waals surface area contributed by atoms with Gasteiger partial charge in [-0.1, -0.05) is 6.07 Å². The van der Waals surface area contributed by atoms with Crippen LogP contribution in [0.2, 0.25) is 0 Å². The Labute approximate surface area is 92.5 Å². The predicted octanol–water partition coefficient (Wildman–Crippen LogP) is 2.42. The second-order valence-corrected chi connectivity index (χ2v) is 6.61. The Morgan fingerprint density at radius 2 is 2.20 bits per heavy atom. The van der Waals surface area contributed by atoms with Crippen LogP contribution in [0.15, 0.2) is 18.2 Å². The van der Waals surface area contributed by atoms with Gasteiger partial charge in [0.2, 0.25) is 9.05 Å². The van der Waals surface area contributed by atoms with E-state index >= 15 is 0 Å². The highest BCUT2D eigenvalue weighted by molar-refractivity contribution is 8.13. The second-order valence-electron chi connectivity index (χ2n) is 3.78. The number of hydrogen-bond donors (Lipinski definition) is 0. The van der Waals surface area contributed by atoms with Gasteiger partial charge >= 0.3 is 0 Å². The summed E-state index contributed by atoms with van der Waals surface area (Å²) in [6.07, 6.45) is 1.53. The average Bonchev–Trinajstić information content (AvgIpc) is 2.46. The summed E-state index contributed by atoms with van der Waals surface area (Å²) >= 11 is 0. The van der Waals surface area contributed by atoms with E-state index in [0.29, 0.717) is 0 Å². The van der Waals surface area contributed by atoms with E-state index in [2.05, 4.69) is 0 Å². The van der Waals surface area contributed by atoms with E-state index in [-0.39, 0.29) is 17.5 Å². The fraction of sp³-hybridized carbons (Fsp3) is 0.400. The van der Waals surface area contributed by atoms with Crippen molar-refractivity contribution < 1.29 is 12.8 Å². The van der Waals surface area contributed by atoms with Crippen molar-refractivity contribution in [1.29, 1.82) is 0 Å². The number of rotatable bonds is 2. The first kappa shape index (κ1) is 10.9. The smallest absolute Gasteiger partial charge is 0.212 e. The Kier molecular flexibility index (Phi) is 2.73. The molecule has 1 aromatic carbocycles. The lowest BCUT2D eigenvalue weighted by Gasteiger charge is -2.08. The summed E-state index contributed by atoms with van der Waals surface area (Å²) < 4.78 is 34.9. The molecule has 0 N–H and O–H groups in total. The SMILES string of the molecule is O=S(=O)(Cl)CC1CCc2ccc(F)cc21. The van der Waals surface area contributed by atoms with Crippen molar-refractivity contribution in [2.24, 2.45) is 0 Å². The van der Waals surface area contributed by atoms with E-state index < -0.39 is 9.05 Å². The van der Waals surface area contributed by atoms with Gasteiger partial charge in [-0.25, -0.2) is 12.8 Å². The molecule has 1 aliphatic rings. The van der Waals surface area contributed by atoms with Gasteiger partial charge in [0, 0.05) is 10.7 Å². The fourth-order valence-electron chi connectivity index (χ4n) is 2.07. The largest absolute Gasteiger partial charge is 0.233 e. The summed E-state index contributed by atoms with van der Waals surface area (Å²) in [6, 6.07) is 4.52. The summed E-state index contributed by atoms with van der Waals surface area (Å²) in [4.78, 5) is 0. The van der Waals surface area contributed by atoms with E-state index in [0.717, 1.165) is 24.0 Å². The van der Waals surface area contributed by atoms with Crippen LogP contribution < -0.4 is 0 Å². The Morgan fingerprint density at radius 3 is 2.87 bits per heavy atom. The van der Waals surface area contributed by atoms with Gasteiger partial charge in [-0.3, -0.25) is 0 Å². The summed E-state index contributed by atoms with van der Waals surface area (Å²) in [5.74, 6) is -0.587. The second kappa shape index (κ2) is 3.76. The van der Waals surface area contributed by atoms with Crippen LogP contribution in [-0.2, 0) is 15.5 Å². The zero-order chi connectivity index (χ0) is 11.1. The molecule has 1 atom stereocenters. The fourth-order valence-corrected chi connectivity index (χ4v) is 3.36. The first-order valence-corrected chi connectivity index (χ1v) is 7.14. The first-order valence-electron chi connectivity index (χ1n) is 4.66. The third-order valence-corrected chi connectivity index (χ3v) is 3.89. The normalized spacial score (nSPS) is 20.3. The predicted molar refractivity (Wildman–Crippen MR) is 57.1 cm³/mol. The monoisotopic (exact) mass is 248 g/mol. The lowest BCUT2D eigenvalue weighted by Crippen LogP contribution is -2.07. The summed E-state index contributed by atoms with van der Waals surface area (Å²) in [5.41, 5.74) is 1.82. The van der Waals surface area contributed by atoms with Crippen LogP contribution in [-0.4, -0.2) is 14.2 Å². The van der Waals surface area contributed by atoms with Crippen molar-refractivity contribution in [2.45, 2.75) is 18.8 Å². The maximum atomic E-state index is 13.0. The Bertz CT molecular complexity index is 484. The lowest BCUT2D eigenvalue weighted by molar-refractivity contribution is 0.598. The molecule has 0 heterocycles. The molecule has 82 valence electrons. The molecule has 15 heavy (non-hydrogen) atoms. The Hall–Kier alpha value is -0.610. The average molecular weight is 249 g/mol. The van der Waals surface area contributed by atoms with E-state index in [1.54, 1.807) is 6.07 Å². The molecule has 2 nitrogen and oxygen atoms in total. The number of hydrogen-bond acceptors (Lipinski definition) is 2. The van der Waals surface area contributed by atoms with Gasteiger partial charge in [0.15, 0.2) is 0 Å². The molecule has 0 bridgehead atoms. The molecule has 1 aliphatic carbocycles. The van der Waals surface area contributed by atoms with E-state index in [9.17, 15) is 12.8 Å². The van der Waals surface area contributed by atoms with Crippen molar-refractivity contribution >= 4 is 19.7 Å². The Balaban J connectivity index is 2.32. The molecule has 0 amide bonds. The minimum Gasteiger partial charge on any atom is -0.212 e. The van der Waals surface area contributed by atoms with Crippen molar-refractivity contribution in [2.75, 3.05) is 5.75 Å². The van der Waals surface area contributed by atoms with Crippen molar-refractivity contribution in [3.63, 3.8) is 0 Å². The number of halogens is 2. The van der Waals surface area contributed by atoms with Gasteiger partial charge < -0.3 is 0 Å². The third kappa shape index (κ3) is 2.49. The minimum absolute atomic E-state index is 0.106. The summed E-state index contributed by atoms with van der Waals surface area (Å²) in [7, 11) is 1.68. The number of aryl methyl sites for hydroxylation is 1. The summed E-state index contributed by atoms with van der Waals surface area (Å²) in [6.45, 7) is 0. The van der Waals surface area contributed by atoms with Crippen LogP contribution in [0.25, 0.3) is 0 Å². The van der Waals surface area contributed by atoms with Crippen molar-refractivity contribution in [1.82, 2.24) is 0 Å². The van der Waals surface area contributed by atoms with Gasteiger partial charge in [0.25, 0.3) is 0 Å². The zero-order valence-electron chi connectivity index (χ0n) is 7.91. The van der Waals surface area contributed by atoms with E-state index in [4.69, 9.17) is 10.7 Å². The molecule has 0 saturated carbocycles. The quantitative estimate of drug-likeness (QED) is 0.754. The van der Waals surface area contributed by atoms with Crippen LogP contribution in [0, 0.1) is 5.82 Å². The molecular formula is C10H10ClFO2S. The molecule has 0 saturated heterocycles. The van der Waals surface area contributed by atoms with E-state index in [1.165, 1.54) is 12.1 Å². The van der Waals surface area contributed by atoms with E-state index in [1.807, 2.05) is 0 Å². The lowest BCUT2D eigenvalue weighted by atomic mass is 10.0. The Morgan fingerprint density at radius 1 is 1.47 bits per heavy atom. The number of fused-ring (bicyclic) bond motifs is 1. The molecule has 1 unspecified atom stereocenters. The standard InChI is InChI=1S/C10H10ClFO2S/c11-15(13,14)6-8-2-1-7-3-4-9(12)5-10(7)8/h3-5,8H,1-2,6H2. The van der Waals surface area contributed by atoms with Gasteiger partial charge in [0.05, 0.1) is 5.75 Å². The first-order chi connectivity index (χ1) is 6.96. The van der Waals surface area contributed by atoms with Gasteiger partial charge in [-0.2, -0.15) is 0 Å². The minimum atomic E-state index is -3.51. The molecule has 1 aromatic rings. The summed E-state index contributed by atoms with van der Waals surface area (Å²) in [5, 5.41) is 0. The van der Waals surface area contributed by atoms with Crippen molar-refractivity contribution in [3.05, 3.63) is 35.1 Å². The van der Waals surface area contributed by atoms with Gasteiger partial charge in [0.1, 0.15) is 5.82 Å². The maximum absolute atomic E-state index is 13.0. The van der Waals surface area contributed by atoms with Crippen molar-refractivity contribution in [3.8, 4) is 0 Å². The topological polar surface area (TPSA) is 34.1 Å². The molecule has 0 fully saturated rings. The van der Waals surface area contributed by atoms with Gasteiger partial charge in [-0.15, -0.1) is 0 Å². The molecule has 0 aliphatic heterocycles. The maximum Gasteiger partial charge on any atom is 0.233 e. The molecule has 2 rings (SSSR count). The highest BCUT2D eigenvalue weighted by Gasteiger charge is 2.26.